The van der Waals surface area contributed by atoms with Crippen LogP contribution in [-0.2, 0) is 4.79 Å². The molecule has 0 saturated carbocycles. The predicted molar refractivity (Wildman–Crippen MR) is 58.9 cm³/mol. The Bertz CT molecular complexity index is 195. The zero-order valence-corrected chi connectivity index (χ0v) is 9.67. The van der Waals surface area contributed by atoms with Crippen LogP contribution >= 0.6 is 0 Å². The van der Waals surface area contributed by atoms with Crippen molar-refractivity contribution in [3.8, 4) is 0 Å². The third-order valence-corrected chi connectivity index (χ3v) is 2.47. The summed E-state index contributed by atoms with van der Waals surface area (Å²) >= 11 is 0. The molecular formula is C11H22O5. The Balaban J connectivity index is 3.84. The maximum Gasteiger partial charge on any atom is 0.135 e. The lowest BCUT2D eigenvalue weighted by atomic mass is 10.0. The number of aliphatic hydroxyl groups is 4. The SMILES string of the molecule is CCCCCC(=O)CC(O)C(O)C(O)CO. The third-order valence-electron chi connectivity index (χ3n) is 2.47. The summed E-state index contributed by atoms with van der Waals surface area (Å²) < 4.78 is 0. The average molecular weight is 234 g/mol. The lowest BCUT2D eigenvalue weighted by molar-refractivity contribution is -0.126. The first-order chi connectivity index (χ1) is 7.52. The number of hydrogen-bond donors (Lipinski definition) is 4. The van der Waals surface area contributed by atoms with E-state index in [2.05, 4.69) is 0 Å². The number of hydrogen-bond acceptors (Lipinski definition) is 5. The van der Waals surface area contributed by atoms with Crippen molar-refractivity contribution in [2.75, 3.05) is 6.61 Å². The minimum absolute atomic E-state index is 0.134. The van der Waals surface area contributed by atoms with Gasteiger partial charge in [0, 0.05) is 12.8 Å². The second-order valence-corrected chi connectivity index (χ2v) is 4.01. The van der Waals surface area contributed by atoms with Gasteiger partial charge in [-0.3, -0.25) is 4.79 Å². The lowest BCUT2D eigenvalue weighted by Gasteiger charge is -2.20. The molecule has 0 bridgehead atoms. The highest BCUT2D eigenvalue weighted by molar-refractivity contribution is 5.78. The van der Waals surface area contributed by atoms with E-state index in [-0.39, 0.29) is 12.2 Å². The molecule has 0 aromatic heterocycles. The van der Waals surface area contributed by atoms with E-state index in [0.717, 1.165) is 19.3 Å². The summed E-state index contributed by atoms with van der Waals surface area (Å²) in [5, 5.41) is 36.3. The van der Waals surface area contributed by atoms with E-state index < -0.39 is 24.9 Å². The van der Waals surface area contributed by atoms with E-state index >= 15 is 0 Å². The van der Waals surface area contributed by atoms with Crippen LogP contribution in [0.2, 0.25) is 0 Å². The fourth-order valence-corrected chi connectivity index (χ4v) is 1.39. The highest BCUT2D eigenvalue weighted by Gasteiger charge is 2.25. The normalized spacial score (nSPS) is 16.8. The molecule has 3 atom stereocenters. The Morgan fingerprint density at radius 2 is 1.75 bits per heavy atom. The van der Waals surface area contributed by atoms with Crippen molar-refractivity contribution in [3.63, 3.8) is 0 Å². The minimum atomic E-state index is -1.47. The Morgan fingerprint density at radius 1 is 1.12 bits per heavy atom. The van der Waals surface area contributed by atoms with Gasteiger partial charge in [-0.15, -0.1) is 0 Å². The third kappa shape index (κ3) is 6.17. The van der Waals surface area contributed by atoms with Crippen LogP contribution in [0.1, 0.15) is 39.0 Å². The topological polar surface area (TPSA) is 98.0 Å². The predicted octanol–water partition coefficient (Wildman–Crippen LogP) is -0.399. The van der Waals surface area contributed by atoms with E-state index in [9.17, 15) is 15.0 Å². The molecule has 0 amide bonds. The first-order valence-electron chi connectivity index (χ1n) is 5.69. The fourth-order valence-electron chi connectivity index (χ4n) is 1.39. The van der Waals surface area contributed by atoms with Gasteiger partial charge in [0.05, 0.1) is 12.7 Å². The van der Waals surface area contributed by atoms with Gasteiger partial charge in [0.2, 0.25) is 0 Å². The molecule has 0 spiro atoms. The smallest absolute Gasteiger partial charge is 0.135 e. The summed E-state index contributed by atoms with van der Waals surface area (Å²) in [6.07, 6.45) is -1.23. The average Bonchev–Trinajstić information content (AvgIpc) is 2.27. The van der Waals surface area contributed by atoms with Crippen molar-refractivity contribution >= 4 is 5.78 Å². The number of Topliss-reactive ketones (excluding diaryl/α,β-unsaturated/α-hetero) is 1. The second kappa shape index (κ2) is 8.64. The molecule has 0 heterocycles. The van der Waals surface area contributed by atoms with Gasteiger partial charge in [-0.25, -0.2) is 0 Å². The van der Waals surface area contributed by atoms with Crippen molar-refractivity contribution < 1.29 is 25.2 Å². The van der Waals surface area contributed by atoms with Crippen LogP contribution in [0.25, 0.3) is 0 Å². The van der Waals surface area contributed by atoms with Crippen LogP contribution in [0.3, 0.4) is 0 Å². The standard InChI is InChI=1S/C11H22O5/c1-2-3-4-5-8(13)6-9(14)11(16)10(15)7-12/h9-12,14-16H,2-7H2,1H3. The second-order valence-electron chi connectivity index (χ2n) is 4.01. The van der Waals surface area contributed by atoms with Gasteiger partial charge in [0.15, 0.2) is 0 Å². The molecule has 0 saturated heterocycles. The Morgan fingerprint density at radius 3 is 2.25 bits per heavy atom. The summed E-state index contributed by atoms with van der Waals surface area (Å²) in [7, 11) is 0. The Kier molecular flexibility index (Phi) is 8.37. The van der Waals surface area contributed by atoms with Crippen LogP contribution in [0.4, 0.5) is 0 Å². The number of carbonyl (C=O) groups is 1. The molecule has 16 heavy (non-hydrogen) atoms. The van der Waals surface area contributed by atoms with Crippen molar-refractivity contribution in [2.45, 2.75) is 57.3 Å². The van der Waals surface area contributed by atoms with Crippen LogP contribution in [-0.4, -0.2) is 51.1 Å². The van der Waals surface area contributed by atoms with Crippen LogP contribution < -0.4 is 0 Å². The summed E-state index contributed by atoms with van der Waals surface area (Å²) in [6.45, 7) is 1.39. The zero-order chi connectivity index (χ0) is 12.6. The first-order valence-corrected chi connectivity index (χ1v) is 5.69. The fraction of sp³-hybridized carbons (Fsp3) is 0.909. The van der Waals surface area contributed by atoms with E-state index in [1.165, 1.54) is 0 Å². The van der Waals surface area contributed by atoms with Gasteiger partial charge >= 0.3 is 0 Å². The highest BCUT2D eigenvalue weighted by atomic mass is 16.4. The number of carbonyl (C=O) groups excluding carboxylic acids is 1. The maximum absolute atomic E-state index is 11.3. The van der Waals surface area contributed by atoms with Crippen molar-refractivity contribution in [3.05, 3.63) is 0 Å². The molecule has 3 unspecified atom stereocenters. The molecule has 96 valence electrons. The molecule has 0 aliphatic rings. The van der Waals surface area contributed by atoms with Gasteiger partial charge in [0.25, 0.3) is 0 Å². The molecule has 4 N–H and O–H groups in total. The van der Waals surface area contributed by atoms with Gasteiger partial charge in [-0.1, -0.05) is 19.8 Å². The molecule has 0 radical (unpaired) electrons. The van der Waals surface area contributed by atoms with E-state index in [4.69, 9.17) is 10.2 Å². The number of unbranched alkanes of at least 4 members (excludes halogenated alkanes) is 2. The van der Waals surface area contributed by atoms with Crippen LogP contribution in [0.5, 0.6) is 0 Å². The largest absolute Gasteiger partial charge is 0.394 e. The van der Waals surface area contributed by atoms with Gasteiger partial charge in [0.1, 0.15) is 18.0 Å². The lowest BCUT2D eigenvalue weighted by Crippen LogP contribution is -2.40. The van der Waals surface area contributed by atoms with Crippen molar-refractivity contribution in [1.82, 2.24) is 0 Å². The summed E-state index contributed by atoms with van der Waals surface area (Å²) in [5.74, 6) is -0.134. The molecule has 0 aromatic rings. The summed E-state index contributed by atoms with van der Waals surface area (Å²) in [6, 6.07) is 0. The zero-order valence-electron chi connectivity index (χ0n) is 9.67. The quantitative estimate of drug-likeness (QED) is 0.407. The Hall–Kier alpha value is -0.490. The molecule has 0 aromatic carbocycles. The summed E-state index contributed by atoms with van der Waals surface area (Å²) in [4.78, 5) is 11.3. The molecule has 0 aliphatic heterocycles. The van der Waals surface area contributed by atoms with E-state index in [0.29, 0.717) is 6.42 Å². The van der Waals surface area contributed by atoms with E-state index in [1.807, 2.05) is 6.92 Å². The molecular weight excluding hydrogens is 212 g/mol. The molecule has 0 rings (SSSR count). The monoisotopic (exact) mass is 234 g/mol. The molecule has 0 fully saturated rings. The minimum Gasteiger partial charge on any atom is -0.394 e. The van der Waals surface area contributed by atoms with Gasteiger partial charge < -0.3 is 20.4 Å². The van der Waals surface area contributed by atoms with Gasteiger partial charge in [-0.2, -0.15) is 0 Å². The van der Waals surface area contributed by atoms with Crippen LogP contribution in [0, 0.1) is 0 Å². The number of ketones is 1. The van der Waals surface area contributed by atoms with Crippen molar-refractivity contribution in [1.29, 1.82) is 0 Å². The highest BCUT2D eigenvalue weighted by Crippen LogP contribution is 2.08. The Labute approximate surface area is 95.7 Å². The van der Waals surface area contributed by atoms with Gasteiger partial charge in [-0.05, 0) is 6.42 Å². The first kappa shape index (κ1) is 15.5. The molecule has 0 aliphatic carbocycles. The molecule has 5 nitrogen and oxygen atoms in total. The van der Waals surface area contributed by atoms with Crippen molar-refractivity contribution in [2.24, 2.45) is 0 Å². The maximum atomic E-state index is 11.3. The van der Waals surface area contributed by atoms with Crippen LogP contribution in [0.15, 0.2) is 0 Å². The summed E-state index contributed by atoms with van der Waals surface area (Å²) in [5.41, 5.74) is 0. The van der Waals surface area contributed by atoms with E-state index in [1.54, 1.807) is 0 Å². The number of rotatable bonds is 9. The molecule has 5 heteroatoms. The number of aliphatic hydroxyl groups excluding tert-OH is 4.